The lowest BCUT2D eigenvalue weighted by atomic mass is 9.96. The van der Waals surface area contributed by atoms with Gasteiger partial charge in [0.05, 0.1) is 16.7 Å². The van der Waals surface area contributed by atoms with Gasteiger partial charge >= 0.3 is 0 Å². The van der Waals surface area contributed by atoms with E-state index in [1.54, 1.807) is 6.20 Å². The van der Waals surface area contributed by atoms with E-state index in [1.165, 1.54) is 0 Å². The fraction of sp³-hybridized carbons (Fsp3) is 0.0222. The van der Waals surface area contributed by atoms with Crippen molar-refractivity contribution in [1.29, 1.82) is 0 Å². The molecule has 9 aromatic rings. The van der Waals surface area contributed by atoms with Crippen LogP contribution in [0.3, 0.4) is 0 Å². The van der Waals surface area contributed by atoms with Gasteiger partial charge in [-0.05, 0) is 53.4 Å². The second-order valence-corrected chi connectivity index (χ2v) is 12.4. The molecule has 0 saturated carbocycles. The fourth-order valence-corrected chi connectivity index (χ4v) is 6.45. The summed E-state index contributed by atoms with van der Waals surface area (Å²) < 4.78 is 0. The van der Waals surface area contributed by atoms with Crippen LogP contribution in [0.5, 0.6) is 0 Å². The summed E-state index contributed by atoms with van der Waals surface area (Å²) in [5.41, 5.74) is 11.8. The van der Waals surface area contributed by atoms with Crippen LogP contribution in [0.4, 0.5) is 0 Å². The van der Waals surface area contributed by atoms with Crippen LogP contribution in [-0.4, -0.2) is 29.9 Å². The molecule has 51 heavy (non-hydrogen) atoms. The molecule has 0 aliphatic carbocycles. The highest BCUT2D eigenvalue weighted by atomic mass is 15.0. The van der Waals surface area contributed by atoms with Crippen molar-refractivity contribution >= 4 is 21.8 Å². The molecule has 0 bridgehead atoms. The zero-order valence-electron chi connectivity index (χ0n) is 27.8. The van der Waals surface area contributed by atoms with Crippen molar-refractivity contribution in [2.75, 3.05) is 0 Å². The van der Waals surface area contributed by atoms with Gasteiger partial charge in [0.1, 0.15) is 5.69 Å². The number of fused-ring (bicyclic) bond motifs is 3. The summed E-state index contributed by atoms with van der Waals surface area (Å²) in [4.78, 5) is 29.1. The van der Waals surface area contributed by atoms with E-state index in [0.717, 1.165) is 72.1 Å². The SMILES string of the molecule is Cc1ccc2ccc3c(-c4ccccc4)cc(-c4ccc(-c5ccc(-c6nc(-c7ccccc7)nc(-c7ccccn7)n6)cc5)cc4)nc3c2n1. The van der Waals surface area contributed by atoms with Gasteiger partial charge in [-0.15, -0.1) is 0 Å². The predicted molar refractivity (Wildman–Crippen MR) is 206 cm³/mol. The molecule has 0 fully saturated rings. The maximum absolute atomic E-state index is 5.22. The monoisotopic (exact) mass is 654 g/mol. The summed E-state index contributed by atoms with van der Waals surface area (Å²) >= 11 is 0. The molecule has 0 saturated heterocycles. The summed E-state index contributed by atoms with van der Waals surface area (Å²) in [6.45, 7) is 2.02. The van der Waals surface area contributed by atoms with Crippen molar-refractivity contribution < 1.29 is 0 Å². The molecular weight excluding hydrogens is 625 g/mol. The van der Waals surface area contributed by atoms with Crippen molar-refractivity contribution in [3.05, 3.63) is 170 Å². The zero-order valence-corrected chi connectivity index (χ0v) is 27.8. The fourth-order valence-electron chi connectivity index (χ4n) is 6.45. The van der Waals surface area contributed by atoms with Crippen LogP contribution in [0.1, 0.15) is 5.69 Å². The van der Waals surface area contributed by atoms with E-state index >= 15 is 0 Å². The molecule has 5 aromatic carbocycles. The lowest BCUT2D eigenvalue weighted by Crippen LogP contribution is -2.00. The number of hydrogen-bond donors (Lipinski definition) is 0. The Morgan fingerprint density at radius 2 is 0.941 bits per heavy atom. The first-order chi connectivity index (χ1) is 25.2. The lowest BCUT2D eigenvalue weighted by Gasteiger charge is -2.13. The average Bonchev–Trinajstić information content (AvgIpc) is 3.21. The minimum atomic E-state index is 0.538. The van der Waals surface area contributed by atoms with Gasteiger partial charge in [-0.2, -0.15) is 0 Å². The Morgan fingerprint density at radius 1 is 0.373 bits per heavy atom. The van der Waals surface area contributed by atoms with Gasteiger partial charge < -0.3 is 0 Å². The number of hydrogen-bond acceptors (Lipinski definition) is 6. The minimum absolute atomic E-state index is 0.538. The Kier molecular flexibility index (Phi) is 7.59. The molecule has 4 aromatic heterocycles. The summed E-state index contributed by atoms with van der Waals surface area (Å²) in [5.74, 6) is 1.74. The third-order valence-corrected chi connectivity index (χ3v) is 9.08. The second kappa shape index (κ2) is 12.8. The molecule has 9 rings (SSSR count). The molecule has 0 spiro atoms. The Balaban J connectivity index is 1.07. The molecular formula is C45H30N6. The molecule has 0 N–H and O–H groups in total. The Bertz CT molecular complexity index is 2600. The van der Waals surface area contributed by atoms with Gasteiger partial charge in [-0.25, -0.2) is 19.9 Å². The molecule has 0 amide bonds. The van der Waals surface area contributed by atoms with Gasteiger partial charge in [0, 0.05) is 39.4 Å². The van der Waals surface area contributed by atoms with Gasteiger partial charge in [0.2, 0.25) is 0 Å². The van der Waals surface area contributed by atoms with Crippen LogP contribution in [0.25, 0.3) is 89.6 Å². The molecule has 0 aliphatic rings. The Hall–Kier alpha value is -6.92. The maximum Gasteiger partial charge on any atom is 0.182 e. The lowest BCUT2D eigenvalue weighted by molar-refractivity contribution is 1.06. The number of benzene rings is 5. The third-order valence-electron chi connectivity index (χ3n) is 9.08. The largest absolute Gasteiger partial charge is 0.253 e. The van der Waals surface area contributed by atoms with Crippen LogP contribution in [-0.2, 0) is 0 Å². The number of aromatic nitrogens is 6. The van der Waals surface area contributed by atoms with Crippen LogP contribution in [0.15, 0.2) is 164 Å². The highest BCUT2D eigenvalue weighted by molar-refractivity contribution is 6.09. The molecule has 6 heteroatoms. The van der Waals surface area contributed by atoms with Crippen molar-refractivity contribution in [3.8, 4) is 67.8 Å². The standard InChI is InChI=1S/C45H30N6/c1-29-15-16-34-25-26-37-38(32-10-4-2-5-11-32)28-40(48-42(37)41(34)47-29)33-21-17-30(18-22-33)31-19-23-36(24-20-31)44-49-43(35-12-6-3-7-13-35)50-45(51-44)39-14-8-9-27-46-39/h2-28H,1H3. The summed E-state index contributed by atoms with van der Waals surface area (Å²) in [6, 6.07) is 53.8. The van der Waals surface area contributed by atoms with E-state index in [1.807, 2.05) is 67.6 Å². The first-order valence-corrected chi connectivity index (χ1v) is 16.9. The van der Waals surface area contributed by atoms with E-state index in [9.17, 15) is 0 Å². The second-order valence-electron chi connectivity index (χ2n) is 12.4. The van der Waals surface area contributed by atoms with E-state index in [0.29, 0.717) is 23.2 Å². The summed E-state index contributed by atoms with van der Waals surface area (Å²) in [7, 11) is 0. The smallest absolute Gasteiger partial charge is 0.182 e. The van der Waals surface area contributed by atoms with E-state index in [2.05, 4.69) is 102 Å². The molecule has 4 heterocycles. The average molecular weight is 655 g/mol. The summed E-state index contributed by atoms with van der Waals surface area (Å²) in [6.07, 6.45) is 1.75. The minimum Gasteiger partial charge on any atom is -0.253 e. The third kappa shape index (κ3) is 5.89. The Labute approximate surface area is 295 Å². The number of aryl methyl sites for hydroxylation is 1. The summed E-state index contributed by atoms with van der Waals surface area (Å²) in [5, 5.41) is 2.17. The first kappa shape index (κ1) is 30.2. The van der Waals surface area contributed by atoms with Gasteiger partial charge in [0.25, 0.3) is 0 Å². The van der Waals surface area contributed by atoms with Gasteiger partial charge in [0.15, 0.2) is 17.5 Å². The zero-order chi connectivity index (χ0) is 34.1. The quantitative estimate of drug-likeness (QED) is 0.166. The van der Waals surface area contributed by atoms with E-state index < -0.39 is 0 Å². The molecule has 240 valence electrons. The van der Waals surface area contributed by atoms with Crippen molar-refractivity contribution in [2.24, 2.45) is 0 Å². The van der Waals surface area contributed by atoms with Crippen LogP contribution >= 0.6 is 0 Å². The topological polar surface area (TPSA) is 77.3 Å². The number of pyridine rings is 3. The van der Waals surface area contributed by atoms with E-state index in [4.69, 9.17) is 24.9 Å². The van der Waals surface area contributed by atoms with Crippen molar-refractivity contribution in [2.45, 2.75) is 6.92 Å². The van der Waals surface area contributed by atoms with E-state index in [-0.39, 0.29) is 0 Å². The number of nitrogens with zero attached hydrogens (tertiary/aromatic N) is 6. The molecule has 6 nitrogen and oxygen atoms in total. The molecule has 0 radical (unpaired) electrons. The molecule has 0 unspecified atom stereocenters. The molecule has 0 atom stereocenters. The predicted octanol–water partition coefficient (Wildman–Crippen LogP) is 10.7. The maximum atomic E-state index is 5.22. The normalized spacial score (nSPS) is 11.2. The first-order valence-electron chi connectivity index (χ1n) is 16.9. The van der Waals surface area contributed by atoms with Crippen LogP contribution in [0.2, 0.25) is 0 Å². The highest BCUT2D eigenvalue weighted by Gasteiger charge is 2.15. The van der Waals surface area contributed by atoms with Crippen molar-refractivity contribution in [3.63, 3.8) is 0 Å². The van der Waals surface area contributed by atoms with Crippen molar-refractivity contribution in [1.82, 2.24) is 29.9 Å². The van der Waals surface area contributed by atoms with Gasteiger partial charge in [-0.1, -0.05) is 133 Å². The number of rotatable bonds is 6. The van der Waals surface area contributed by atoms with Crippen LogP contribution in [0, 0.1) is 6.92 Å². The van der Waals surface area contributed by atoms with Crippen LogP contribution < -0.4 is 0 Å². The van der Waals surface area contributed by atoms with Gasteiger partial charge in [-0.3, -0.25) is 9.97 Å². The molecule has 0 aliphatic heterocycles. The highest BCUT2D eigenvalue weighted by Crippen LogP contribution is 2.36. The Morgan fingerprint density at radius 3 is 1.61 bits per heavy atom.